The van der Waals surface area contributed by atoms with Crippen LogP contribution >= 0.6 is 0 Å². The van der Waals surface area contributed by atoms with E-state index in [1.807, 2.05) is 7.05 Å². The van der Waals surface area contributed by atoms with Gasteiger partial charge in [-0.15, -0.1) is 4.68 Å². The minimum atomic E-state index is 0.186. The lowest BCUT2D eigenvalue weighted by molar-refractivity contribution is -0.754. The molecule has 3 nitrogen and oxygen atoms in total. The third-order valence-electron chi connectivity index (χ3n) is 2.70. The Labute approximate surface area is 92.3 Å². The van der Waals surface area contributed by atoms with Crippen LogP contribution in [0.4, 0.5) is 0 Å². The summed E-state index contributed by atoms with van der Waals surface area (Å²) < 4.78 is 4.24. The molecule has 15 heavy (non-hydrogen) atoms. The second kappa shape index (κ2) is 4.35. The van der Waals surface area contributed by atoms with Crippen LogP contribution in [0.3, 0.4) is 0 Å². The summed E-state index contributed by atoms with van der Waals surface area (Å²) in [6.45, 7) is 9.79. The van der Waals surface area contributed by atoms with Gasteiger partial charge in [0.1, 0.15) is 0 Å². The number of nitrogens with zero attached hydrogens (tertiary/aromatic N) is 2. The van der Waals surface area contributed by atoms with Crippen molar-refractivity contribution in [2.75, 3.05) is 6.61 Å². The first-order valence-corrected chi connectivity index (χ1v) is 5.52. The number of hydrogen-bond donors (Lipinski definition) is 1. The van der Waals surface area contributed by atoms with Crippen LogP contribution in [0.5, 0.6) is 0 Å². The van der Waals surface area contributed by atoms with Crippen molar-refractivity contribution in [1.82, 2.24) is 4.68 Å². The molecular formula is C12H23N2O+. The fraction of sp³-hybridized carbons (Fsp3) is 0.750. The van der Waals surface area contributed by atoms with Gasteiger partial charge in [0.05, 0.1) is 12.7 Å². The molecular weight excluding hydrogens is 188 g/mol. The standard InChI is InChI=1S/C12H23N2O/c1-10(9-15)6-14-8-11(7-13(14)5)12(2,3)4/h7-8,10,15H,6,9H2,1-5H3/q+1/t10-/m1/s1. The smallest absolute Gasteiger partial charge is 0.199 e. The number of rotatable bonds is 3. The SMILES string of the molecule is C[C@@H](CO)Cn1cc(C(C)(C)C)c[n+]1C. The number of aliphatic hydroxyl groups is 1. The van der Waals surface area contributed by atoms with Gasteiger partial charge in [-0.2, -0.15) is 4.68 Å². The van der Waals surface area contributed by atoms with Gasteiger partial charge in [0.15, 0.2) is 13.2 Å². The van der Waals surface area contributed by atoms with Gasteiger partial charge in [0.25, 0.3) is 0 Å². The maximum absolute atomic E-state index is 9.03. The highest BCUT2D eigenvalue weighted by molar-refractivity contribution is 5.12. The summed E-state index contributed by atoms with van der Waals surface area (Å²) in [5.41, 5.74) is 1.51. The summed E-state index contributed by atoms with van der Waals surface area (Å²) in [5, 5.41) is 9.03. The largest absolute Gasteiger partial charge is 0.396 e. The molecule has 0 amide bonds. The Morgan fingerprint density at radius 2 is 2.07 bits per heavy atom. The fourth-order valence-electron chi connectivity index (χ4n) is 1.51. The lowest BCUT2D eigenvalue weighted by Gasteiger charge is -2.13. The summed E-state index contributed by atoms with van der Waals surface area (Å²) >= 11 is 0. The quantitative estimate of drug-likeness (QED) is 0.749. The molecule has 3 heteroatoms. The van der Waals surface area contributed by atoms with Crippen molar-refractivity contribution in [1.29, 1.82) is 0 Å². The van der Waals surface area contributed by atoms with E-state index in [0.717, 1.165) is 6.54 Å². The van der Waals surface area contributed by atoms with E-state index in [-0.39, 0.29) is 12.0 Å². The van der Waals surface area contributed by atoms with E-state index < -0.39 is 0 Å². The van der Waals surface area contributed by atoms with Crippen molar-refractivity contribution >= 4 is 0 Å². The maximum atomic E-state index is 9.03. The van der Waals surface area contributed by atoms with Crippen LogP contribution in [0, 0.1) is 5.92 Å². The van der Waals surface area contributed by atoms with Crippen molar-refractivity contribution in [3.63, 3.8) is 0 Å². The van der Waals surface area contributed by atoms with Crippen molar-refractivity contribution in [3.8, 4) is 0 Å². The highest BCUT2D eigenvalue weighted by Crippen LogP contribution is 2.20. The van der Waals surface area contributed by atoms with Crippen LogP contribution in [0.15, 0.2) is 12.4 Å². The fourth-order valence-corrected chi connectivity index (χ4v) is 1.51. The minimum Gasteiger partial charge on any atom is -0.396 e. The molecule has 86 valence electrons. The molecule has 0 fully saturated rings. The molecule has 0 bridgehead atoms. The Kier molecular flexibility index (Phi) is 3.55. The molecule has 0 unspecified atom stereocenters. The van der Waals surface area contributed by atoms with E-state index in [1.165, 1.54) is 5.56 Å². The molecule has 1 rings (SSSR count). The Balaban J connectivity index is 2.87. The monoisotopic (exact) mass is 211 g/mol. The normalized spacial score (nSPS) is 14.3. The Morgan fingerprint density at radius 3 is 2.47 bits per heavy atom. The van der Waals surface area contributed by atoms with E-state index >= 15 is 0 Å². The third kappa shape index (κ3) is 3.06. The van der Waals surface area contributed by atoms with Crippen LogP contribution in [-0.2, 0) is 19.0 Å². The highest BCUT2D eigenvalue weighted by atomic mass is 16.3. The van der Waals surface area contributed by atoms with Crippen molar-refractivity contribution in [3.05, 3.63) is 18.0 Å². The van der Waals surface area contributed by atoms with Gasteiger partial charge in [0.2, 0.25) is 0 Å². The lowest BCUT2D eigenvalue weighted by atomic mass is 9.90. The molecule has 0 saturated heterocycles. The summed E-state index contributed by atoms with van der Waals surface area (Å²) in [6, 6.07) is 0. The number of aromatic nitrogens is 2. The Hall–Kier alpha value is -0.830. The first-order chi connectivity index (χ1) is 6.84. The second-order valence-electron chi connectivity index (χ2n) is 5.45. The lowest BCUT2D eigenvalue weighted by Crippen LogP contribution is -2.39. The first-order valence-electron chi connectivity index (χ1n) is 5.52. The summed E-state index contributed by atoms with van der Waals surface area (Å²) in [6.07, 6.45) is 4.33. The predicted octanol–water partition coefficient (Wildman–Crippen LogP) is 1.24. The van der Waals surface area contributed by atoms with Crippen molar-refractivity contribution in [2.45, 2.75) is 39.7 Å². The van der Waals surface area contributed by atoms with E-state index in [2.05, 4.69) is 49.5 Å². The zero-order valence-corrected chi connectivity index (χ0v) is 10.5. The molecule has 1 atom stereocenters. The van der Waals surface area contributed by atoms with Crippen molar-refractivity contribution < 1.29 is 9.79 Å². The minimum absolute atomic E-state index is 0.186. The zero-order valence-electron chi connectivity index (χ0n) is 10.5. The molecule has 0 saturated carbocycles. The van der Waals surface area contributed by atoms with Gasteiger partial charge in [-0.25, -0.2) is 0 Å². The highest BCUT2D eigenvalue weighted by Gasteiger charge is 2.21. The van der Waals surface area contributed by atoms with E-state index in [9.17, 15) is 0 Å². The first kappa shape index (κ1) is 12.2. The second-order valence-corrected chi connectivity index (χ2v) is 5.45. The van der Waals surface area contributed by atoms with E-state index in [4.69, 9.17) is 5.11 Å². The topological polar surface area (TPSA) is 29.0 Å². The zero-order chi connectivity index (χ0) is 11.6. The van der Waals surface area contributed by atoms with Gasteiger partial charge >= 0.3 is 0 Å². The van der Waals surface area contributed by atoms with E-state index in [0.29, 0.717) is 5.92 Å². The van der Waals surface area contributed by atoms with Gasteiger partial charge in [0, 0.05) is 18.1 Å². The molecule has 0 aliphatic carbocycles. The average molecular weight is 211 g/mol. The van der Waals surface area contributed by atoms with Gasteiger partial charge in [-0.05, 0) is 5.41 Å². The summed E-state index contributed by atoms with van der Waals surface area (Å²) in [4.78, 5) is 0. The van der Waals surface area contributed by atoms with E-state index in [1.54, 1.807) is 0 Å². The predicted molar refractivity (Wildman–Crippen MR) is 60.6 cm³/mol. The van der Waals surface area contributed by atoms with Crippen LogP contribution in [0.25, 0.3) is 0 Å². The molecule has 1 aromatic rings. The van der Waals surface area contributed by atoms with Crippen LogP contribution in [-0.4, -0.2) is 16.4 Å². The van der Waals surface area contributed by atoms with Crippen LogP contribution < -0.4 is 4.68 Å². The molecule has 1 heterocycles. The molecule has 0 aromatic carbocycles. The number of aryl methyl sites for hydroxylation is 1. The molecule has 0 spiro atoms. The summed E-state index contributed by atoms with van der Waals surface area (Å²) in [5.74, 6) is 0.302. The van der Waals surface area contributed by atoms with Gasteiger partial charge in [-0.3, -0.25) is 0 Å². The van der Waals surface area contributed by atoms with Gasteiger partial charge in [-0.1, -0.05) is 27.7 Å². The Bertz CT molecular complexity index is 323. The third-order valence-corrected chi connectivity index (χ3v) is 2.70. The number of hydrogen-bond acceptors (Lipinski definition) is 1. The van der Waals surface area contributed by atoms with Gasteiger partial charge < -0.3 is 5.11 Å². The average Bonchev–Trinajstić information content (AvgIpc) is 2.47. The summed E-state index contributed by atoms with van der Waals surface area (Å²) in [7, 11) is 2.04. The maximum Gasteiger partial charge on any atom is 0.199 e. The van der Waals surface area contributed by atoms with Crippen LogP contribution in [0.2, 0.25) is 0 Å². The van der Waals surface area contributed by atoms with Crippen molar-refractivity contribution in [2.24, 2.45) is 13.0 Å². The molecule has 0 radical (unpaired) electrons. The molecule has 1 N–H and O–H groups in total. The molecule has 0 aliphatic heterocycles. The molecule has 1 aromatic heterocycles. The van der Waals surface area contributed by atoms with Crippen LogP contribution in [0.1, 0.15) is 33.3 Å². The molecule has 0 aliphatic rings. The number of aliphatic hydroxyl groups excluding tert-OH is 1. The Morgan fingerprint density at radius 1 is 1.47 bits per heavy atom.